The van der Waals surface area contributed by atoms with Crippen molar-refractivity contribution < 1.29 is 9.90 Å². The molecular weight excluding hydrogens is 200 g/mol. The summed E-state index contributed by atoms with van der Waals surface area (Å²) in [6, 6.07) is 8.00. The highest BCUT2D eigenvalue weighted by Crippen LogP contribution is 2.25. The van der Waals surface area contributed by atoms with Crippen LogP contribution in [0.1, 0.15) is 56.6 Å². The molecule has 1 N–H and O–H groups in total. The highest BCUT2D eigenvalue weighted by molar-refractivity contribution is 5.75. The van der Waals surface area contributed by atoms with Gasteiger partial charge in [-0.2, -0.15) is 0 Å². The summed E-state index contributed by atoms with van der Waals surface area (Å²) in [4.78, 5) is 10.8. The van der Waals surface area contributed by atoms with E-state index in [4.69, 9.17) is 5.11 Å². The van der Waals surface area contributed by atoms with Crippen molar-refractivity contribution >= 4 is 5.97 Å². The third kappa shape index (κ3) is 2.84. The van der Waals surface area contributed by atoms with Crippen molar-refractivity contribution in [1.29, 1.82) is 0 Å². The Labute approximate surface area is 97.3 Å². The minimum Gasteiger partial charge on any atom is -0.481 e. The molecule has 0 aromatic heterocycles. The van der Waals surface area contributed by atoms with Crippen molar-refractivity contribution in [2.45, 2.75) is 45.4 Å². The molecule has 0 fully saturated rings. The van der Waals surface area contributed by atoms with Gasteiger partial charge in [0, 0.05) is 0 Å². The Morgan fingerprint density at radius 2 is 1.56 bits per heavy atom. The van der Waals surface area contributed by atoms with E-state index in [1.165, 1.54) is 5.56 Å². The zero-order valence-corrected chi connectivity index (χ0v) is 10.2. The highest BCUT2D eigenvalue weighted by atomic mass is 16.4. The molecular formula is C14H20O2. The lowest BCUT2D eigenvalue weighted by atomic mass is 9.91. The van der Waals surface area contributed by atoms with Gasteiger partial charge in [-0.15, -0.1) is 0 Å². The summed E-state index contributed by atoms with van der Waals surface area (Å²) < 4.78 is 0. The number of aliphatic carboxylic acids is 1. The van der Waals surface area contributed by atoms with E-state index in [1.807, 2.05) is 12.1 Å². The maximum absolute atomic E-state index is 10.8. The molecule has 0 saturated carbocycles. The van der Waals surface area contributed by atoms with Crippen molar-refractivity contribution in [1.82, 2.24) is 0 Å². The van der Waals surface area contributed by atoms with E-state index in [2.05, 4.69) is 26.0 Å². The van der Waals surface area contributed by atoms with Crippen LogP contribution in [0.3, 0.4) is 0 Å². The fraction of sp³-hybridized carbons (Fsp3) is 0.500. The van der Waals surface area contributed by atoms with Crippen LogP contribution in [0.2, 0.25) is 0 Å². The van der Waals surface area contributed by atoms with E-state index in [0.717, 1.165) is 18.4 Å². The molecule has 0 bridgehead atoms. The summed E-state index contributed by atoms with van der Waals surface area (Å²) in [5.74, 6) is -0.597. The molecule has 0 aliphatic carbocycles. The second kappa shape index (κ2) is 5.69. The normalized spacial score (nSPS) is 12.8. The molecule has 1 atom stereocenters. The summed E-state index contributed by atoms with van der Waals surface area (Å²) in [5, 5.41) is 8.91. The van der Waals surface area contributed by atoms with E-state index >= 15 is 0 Å². The SMILES string of the molecule is CCC(CC)c1ccc(C(C)C(=O)O)cc1. The molecule has 1 aromatic rings. The quantitative estimate of drug-likeness (QED) is 0.820. The fourth-order valence-electron chi connectivity index (χ4n) is 1.96. The van der Waals surface area contributed by atoms with Crippen LogP contribution in [-0.4, -0.2) is 11.1 Å². The molecule has 0 aliphatic rings. The molecule has 0 saturated heterocycles. The summed E-state index contributed by atoms with van der Waals surface area (Å²) in [6.07, 6.45) is 2.26. The highest BCUT2D eigenvalue weighted by Gasteiger charge is 2.14. The molecule has 0 aliphatic heterocycles. The lowest BCUT2D eigenvalue weighted by Gasteiger charge is -2.14. The lowest BCUT2D eigenvalue weighted by Crippen LogP contribution is -2.07. The molecule has 0 heterocycles. The Kier molecular flexibility index (Phi) is 4.53. The molecule has 2 nitrogen and oxygen atoms in total. The number of benzene rings is 1. The molecule has 88 valence electrons. The average Bonchev–Trinajstić information content (AvgIpc) is 2.30. The third-order valence-electron chi connectivity index (χ3n) is 3.26. The van der Waals surface area contributed by atoms with Gasteiger partial charge in [0.15, 0.2) is 0 Å². The summed E-state index contributed by atoms with van der Waals surface area (Å²) in [7, 11) is 0. The zero-order chi connectivity index (χ0) is 12.1. The second-order valence-electron chi connectivity index (χ2n) is 4.24. The Bertz CT molecular complexity index is 336. The van der Waals surface area contributed by atoms with Gasteiger partial charge in [-0.05, 0) is 36.8 Å². The number of carboxylic acid groups (broad SMARTS) is 1. The molecule has 16 heavy (non-hydrogen) atoms. The van der Waals surface area contributed by atoms with Gasteiger partial charge in [-0.25, -0.2) is 0 Å². The molecule has 0 spiro atoms. The van der Waals surface area contributed by atoms with Crippen molar-refractivity contribution in [2.75, 3.05) is 0 Å². The second-order valence-corrected chi connectivity index (χ2v) is 4.24. The molecule has 0 amide bonds. The Balaban J connectivity index is 2.86. The molecule has 1 aromatic carbocycles. The Morgan fingerprint density at radius 1 is 1.12 bits per heavy atom. The van der Waals surface area contributed by atoms with Gasteiger partial charge in [-0.3, -0.25) is 4.79 Å². The first-order valence-electron chi connectivity index (χ1n) is 5.92. The van der Waals surface area contributed by atoms with Gasteiger partial charge in [0.2, 0.25) is 0 Å². The minimum atomic E-state index is -0.768. The molecule has 1 unspecified atom stereocenters. The van der Waals surface area contributed by atoms with Crippen LogP contribution in [0.5, 0.6) is 0 Å². The van der Waals surface area contributed by atoms with Gasteiger partial charge in [0.05, 0.1) is 5.92 Å². The van der Waals surface area contributed by atoms with Crippen molar-refractivity contribution in [3.8, 4) is 0 Å². The van der Waals surface area contributed by atoms with Crippen molar-refractivity contribution in [3.05, 3.63) is 35.4 Å². The maximum atomic E-state index is 10.8. The van der Waals surface area contributed by atoms with Gasteiger partial charge < -0.3 is 5.11 Å². The van der Waals surface area contributed by atoms with Crippen LogP contribution < -0.4 is 0 Å². The number of rotatable bonds is 5. The number of carbonyl (C=O) groups is 1. The predicted octanol–water partition coefficient (Wildman–Crippen LogP) is 3.78. The summed E-state index contributed by atoms with van der Waals surface area (Å²) >= 11 is 0. The standard InChI is InChI=1S/C14H20O2/c1-4-11(5-2)13-8-6-12(7-9-13)10(3)14(15)16/h6-11H,4-5H2,1-3H3,(H,15,16). The Morgan fingerprint density at radius 3 is 1.94 bits per heavy atom. The van der Waals surface area contributed by atoms with Gasteiger partial charge >= 0.3 is 5.97 Å². The first-order chi connectivity index (χ1) is 7.60. The number of hydrogen-bond acceptors (Lipinski definition) is 1. The van der Waals surface area contributed by atoms with Gasteiger partial charge in [0.25, 0.3) is 0 Å². The van der Waals surface area contributed by atoms with Gasteiger partial charge in [-0.1, -0.05) is 38.1 Å². The van der Waals surface area contributed by atoms with Crippen LogP contribution >= 0.6 is 0 Å². The first-order valence-corrected chi connectivity index (χ1v) is 5.92. The van der Waals surface area contributed by atoms with Crippen LogP contribution in [0.25, 0.3) is 0 Å². The lowest BCUT2D eigenvalue weighted by molar-refractivity contribution is -0.138. The van der Waals surface area contributed by atoms with E-state index in [-0.39, 0.29) is 0 Å². The van der Waals surface area contributed by atoms with Crippen LogP contribution in [0, 0.1) is 0 Å². The maximum Gasteiger partial charge on any atom is 0.310 e. The third-order valence-corrected chi connectivity index (χ3v) is 3.26. The van der Waals surface area contributed by atoms with E-state index < -0.39 is 11.9 Å². The smallest absolute Gasteiger partial charge is 0.310 e. The van der Waals surface area contributed by atoms with E-state index in [9.17, 15) is 4.79 Å². The molecule has 2 heteroatoms. The molecule has 0 radical (unpaired) electrons. The van der Waals surface area contributed by atoms with E-state index in [0.29, 0.717) is 5.92 Å². The van der Waals surface area contributed by atoms with E-state index in [1.54, 1.807) is 6.92 Å². The van der Waals surface area contributed by atoms with Crippen LogP contribution in [0.4, 0.5) is 0 Å². The van der Waals surface area contributed by atoms with Crippen molar-refractivity contribution in [3.63, 3.8) is 0 Å². The molecule has 1 rings (SSSR count). The first kappa shape index (κ1) is 12.8. The van der Waals surface area contributed by atoms with Crippen molar-refractivity contribution in [2.24, 2.45) is 0 Å². The Hall–Kier alpha value is -1.31. The monoisotopic (exact) mass is 220 g/mol. The van der Waals surface area contributed by atoms with Crippen LogP contribution in [0.15, 0.2) is 24.3 Å². The van der Waals surface area contributed by atoms with Crippen LogP contribution in [-0.2, 0) is 4.79 Å². The zero-order valence-electron chi connectivity index (χ0n) is 10.2. The average molecular weight is 220 g/mol. The van der Waals surface area contributed by atoms with Gasteiger partial charge in [0.1, 0.15) is 0 Å². The topological polar surface area (TPSA) is 37.3 Å². The predicted molar refractivity (Wildman–Crippen MR) is 65.8 cm³/mol. The number of carboxylic acids is 1. The minimum absolute atomic E-state index is 0.421. The summed E-state index contributed by atoms with van der Waals surface area (Å²) in [5.41, 5.74) is 2.19. The summed E-state index contributed by atoms with van der Waals surface area (Å²) in [6.45, 7) is 6.08. The number of hydrogen-bond donors (Lipinski definition) is 1. The largest absolute Gasteiger partial charge is 0.481 e. The fourth-order valence-corrected chi connectivity index (χ4v) is 1.96.